The van der Waals surface area contributed by atoms with Crippen LogP contribution in [0.15, 0.2) is 0 Å². The van der Waals surface area contributed by atoms with E-state index in [1.165, 1.54) is 12.8 Å². The largest absolute Gasteiger partial charge is 0.464 e. The Morgan fingerprint density at radius 1 is 1.38 bits per heavy atom. The Morgan fingerprint density at radius 2 is 2.00 bits per heavy atom. The molecular formula is C10H22N2O4. The standard InChI is InChI=1S/C10H22N2O4/c1-2-3-4-5-6-7-16-10(14)9(13)8-12(11)15/h9,13,15H,2-8,11H2,1H3. The van der Waals surface area contributed by atoms with Crippen molar-refractivity contribution in [2.24, 2.45) is 5.84 Å². The van der Waals surface area contributed by atoms with Crippen LogP contribution in [0.25, 0.3) is 0 Å². The van der Waals surface area contributed by atoms with Crippen LogP contribution in [-0.2, 0) is 9.53 Å². The summed E-state index contributed by atoms with van der Waals surface area (Å²) in [4.78, 5) is 11.1. The normalized spacial score (nSPS) is 12.8. The molecule has 0 aromatic rings. The summed E-state index contributed by atoms with van der Waals surface area (Å²) in [5.41, 5.74) is 0. The second-order valence-electron chi connectivity index (χ2n) is 3.72. The van der Waals surface area contributed by atoms with Gasteiger partial charge in [-0.05, 0) is 6.42 Å². The summed E-state index contributed by atoms with van der Waals surface area (Å²) >= 11 is 0. The van der Waals surface area contributed by atoms with Crippen LogP contribution in [0.3, 0.4) is 0 Å². The number of carbonyl (C=O) groups excluding carboxylic acids is 1. The highest BCUT2D eigenvalue weighted by Gasteiger charge is 2.17. The van der Waals surface area contributed by atoms with Crippen molar-refractivity contribution in [3.63, 3.8) is 0 Å². The average molecular weight is 234 g/mol. The molecule has 0 aliphatic carbocycles. The van der Waals surface area contributed by atoms with E-state index in [0.29, 0.717) is 6.61 Å². The first-order valence-corrected chi connectivity index (χ1v) is 5.63. The molecule has 0 spiro atoms. The van der Waals surface area contributed by atoms with Crippen molar-refractivity contribution in [1.29, 1.82) is 0 Å². The highest BCUT2D eigenvalue weighted by Crippen LogP contribution is 2.02. The molecule has 0 aromatic carbocycles. The maximum absolute atomic E-state index is 11.1. The number of hydrogen-bond donors (Lipinski definition) is 3. The van der Waals surface area contributed by atoms with Crippen LogP contribution in [-0.4, -0.2) is 40.7 Å². The van der Waals surface area contributed by atoms with E-state index in [0.717, 1.165) is 19.3 Å². The molecule has 1 atom stereocenters. The Kier molecular flexibility index (Phi) is 9.12. The maximum atomic E-state index is 11.1. The van der Waals surface area contributed by atoms with Gasteiger partial charge in [0.25, 0.3) is 0 Å². The molecule has 0 bridgehead atoms. The van der Waals surface area contributed by atoms with Gasteiger partial charge in [-0.15, -0.1) is 5.17 Å². The predicted molar refractivity (Wildman–Crippen MR) is 58.4 cm³/mol. The summed E-state index contributed by atoms with van der Waals surface area (Å²) < 4.78 is 4.80. The second-order valence-corrected chi connectivity index (χ2v) is 3.72. The van der Waals surface area contributed by atoms with Gasteiger partial charge in [0.05, 0.1) is 13.2 Å². The van der Waals surface area contributed by atoms with E-state index in [2.05, 4.69) is 6.92 Å². The SMILES string of the molecule is CCCCCCCOC(=O)C(O)CN(N)O. The molecule has 0 aromatic heterocycles. The molecule has 0 saturated carbocycles. The highest BCUT2D eigenvalue weighted by molar-refractivity contribution is 5.74. The number of hydroxylamine groups is 1. The second kappa shape index (κ2) is 9.53. The quantitative estimate of drug-likeness (QED) is 0.232. The minimum absolute atomic E-state index is 0.257. The topological polar surface area (TPSA) is 96.0 Å². The minimum Gasteiger partial charge on any atom is -0.464 e. The van der Waals surface area contributed by atoms with Crippen LogP contribution in [0.4, 0.5) is 0 Å². The van der Waals surface area contributed by atoms with Crippen molar-refractivity contribution in [2.45, 2.75) is 45.1 Å². The van der Waals surface area contributed by atoms with E-state index in [4.69, 9.17) is 15.8 Å². The fraction of sp³-hybridized carbons (Fsp3) is 0.900. The molecule has 4 N–H and O–H groups in total. The van der Waals surface area contributed by atoms with Gasteiger partial charge in [-0.2, -0.15) is 0 Å². The lowest BCUT2D eigenvalue weighted by Crippen LogP contribution is -2.39. The van der Waals surface area contributed by atoms with Gasteiger partial charge in [0.2, 0.25) is 0 Å². The van der Waals surface area contributed by atoms with Gasteiger partial charge in [-0.25, -0.2) is 10.6 Å². The number of esters is 1. The molecule has 0 fully saturated rings. The monoisotopic (exact) mass is 234 g/mol. The van der Waals surface area contributed by atoms with Gasteiger partial charge < -0.3 is 9.84 Å². The van der Waals surface area contributed by atoms with Crippen LogP contribution in [0, 0.1) is 0 Å². The summed E-state index contributed by atoms with van der Waals surface area (Å²) in [6.45, 7) is 2.08. The number of aliphatic hydroxyl groups excluding tert-OH is 1. The first-order valence-electron chi connectivity index (χ1n) is 5.63. The van der Waals surface area contributed by atoms with Gasteiger partial charge in [0.1, 0.15) is 0 Å². The zero-order chi connectivity index (χ0) is 12.4. The van der Waals surface area contributed by atoms with Crippen LogP contribution >= 0.6 is 0 Å². The van der Waals surface area contributed by atoms with Gasteiger partial charge in [0, 0.05) is 0 Å². The maximum Gasteiger partial charge on any atom is 0.336 e. The van der Waals surface area contributed by atoms with E-state index in [1.54, 1.807) is 0 Å². The predicted octanol–water partition coefficient (Wildman–Crippen LogP) is 0.426. The molecule has 0 amide bonds. The number of hydrogen-bond acceptors (Lipinski definition) is 6. The number of rotatable bonds is 9. The molecule has 16 heavy (non-hydrogen) atoms. The number of unbranched alkanes of at least 4 members (excludes halogenated alkanes) is 4. The summed E-state index contributed by atoms with van der Waals surface area (Å²) in [5, 5.41) is 18.0. The lowest BCUT2D eigenvalue weighted by Gasteiger charge is -2.13. The molecule has 0 heterocycles. The number of carbonyl (C=O) groups is 1. The van der Waals surface area contributed by atoms with Crippen LogP contribution in [0.1, 0.15) is 39.0 Å². The summed E-state index contributed by atoms with van der Waals surface area (Å²) in [7, 11) is 0. The smallest absolute Gasteiger partial charge is 0.336 e. The summed E-state index contributed by atoms with van der Waals surface area (Å²) in [6.07, 6.45) is 3.89. The highest BCUT2D eigenvalue weighted by atomic mass is 16.6. The fourth-order valence-electron chi connectivity index (χ4n) is 1.23. The van der Waals surface area contributed by atoms with Crippen molar-refractivity contribution < 1.29 is 19.8 Å². The van der Waals surface area contributed by atoms with Crippen LogP contribution < -0.4 is 5.84 Å². The van der Waals surface area contributed by atoms with Gasteiger partial charge in [-0.3, -0.25) is 5.21 Å². The third-order valence-corrected chi connectivity index (χ3v) is 2.12. The molecule has 6 heteroatoms. The van der Waals surface area contributed by atoms with E-state index in [-0.39, 0.29) is 11.7 Å². The van der Waals surface area contributed by atoms with Crippen molar-refractivity contribution in [3.05, 3.63) is 0 Å². The lowest BCUT2D eigenvalue weighted by molar-refractivity contribution is -0.165. The zero-order valence-electron chi connectivity index (χ0n) is 9.76. The molecule has 6 nitrogen and oxygen atoms in total. The Balaban J connectivity index is 3.42. The van der Waals surface area contributed by atoms with E-state index in [9.17, 15) is 9.90 Å². The number of nitrogens with zero attached hydrogens (tertiary/aromatic N) is 1. The molecular weight excluding hydrogens is 212 g/mol. The minimum atomic E-state index is -1.40. The summed E-state index contributed by atoms with van der Waals surface area (Å²) in [5.74, 6) is 4.11. The van der Waals surface area contributed by atoms with E-state index >= 15 is 0 Å². The van der Waals surface area contributed by atoms with Gasteiger partial charge >= 0.3 is 5.97 Å². The number of hydrazine groups is 1. The molecule has 0 rings (SSSR count). The Hall–Kier alpha value is -0.690. The Morgan fingerprint density at radius 3 is 2.56 bits per heavy atom. The lowest BCUT2D eigenvalue weighted by atomic mass is 10.2. The number of ether oxygens (including phenoxy) is 1. The van der Waals surface area contributed by atoms with Crippen molar-refractivity contribution in [1.82, 2.24) is 5.17 Å². The molecule has 96 valence electrons. The summed E-state index contributed by atoms with van der Waals surface area (Å²) in [6, 6.07) is 0. The van der Waals surface area contributed by atoms with Crippen molar-refractivity contribution in [3.8, 4) is 0 Å². The first kappa shape index (κ1) is 15.3. The molecule has 1 unspecified atom stereocenters. The fourth-order valence-corrected chi connectivity index (χ4v) is 1.23. The Labute approximate surface area is 95.9 Å². The van der Waals surface area contributed by atoms with Crippen molar-refractivity contribution >= 4 is 5.97 Å². The van der Waals surface area contributed by atoms with E-state index in [1.807, 2.05) is 0 Å². The molecule has 0 saturated heterocycles. The molecule has 0 aliphatic heterocycles. The first-order chi connectivity index (χ1) is 7.57. The molecule has 0 aliphatic rings. The zero-order valence-corrected chi connectivity index (χ0v) is 9.76. The average Bonchev–Trinajstić information content (AvgIpc) is 2.21. The van der Waals surface area contributed by atoms with Crippen molar-refractivity contribution in [2.75, 3.05) is 13.2 Å². The third-order valence-electron chi connectivity index (χ3n) is 2.12. The van der Waals surface area contributed by atoms with Crippen LogP contribution in [0.2, 0.25) is 0 Å². The third kappa shape index (κ3) is 8.60. The molecule has 0 radical (unpaired) electrons. The van der Waals surface area contributed by atoms with Crippen LogP contribution in [0.5, 0.6) is 0 Å². The van der Waals surface area contributed by atoms with Gasteiger partial charge in [0.15, 0.2) is 6.10 Å². The number of nitrogens with two attached hydrogens (primary N) is 1. The Bertz CT molecular complexity index is 188. The number of aliphatic hydroxyl groups is 1. The van der Waals surface area contributed by atoms with E-state index < -0.39 is 12.1 Å². The van der Waals surface area contributed by atoms with Gasteiger partial charge in [-0.1, -0.05) is 32.6 Å².